The van der Waals surface area contributed by atoms with Crippen LogP contribution in [0.25, 0.3) is 15.9 Å². The summed E-state index contributed by atoms with van der Waals surface area (Å²) in [6, 6.07) is 14.9. The first-order valence-electron chi connectivity index (χ1n) is 10.1. The Balaban J connectivity index is 1.91. The topological polar surface area (TPSA) is 83.4 Å². The lowest BCUT2D eigenvalue weighted by atomic mass is 10.1. The Morgan fingerprint density at radius 3 is 2.48 bits per heavy atom. The Hall–Kier alpha value is -3.56. The number of carbonyl (C=O) groups excluding carboxylic acids is 1. The van der Waals surface area contributed by atoms with E-state index in [0.29, 0.717) is 15.9 Å². The standard InChI is InChI=1S/C24H21F2N3O3S/c1-24(2,32)13-27-22(31)21-20(28-18-10-8-14(25)12-17(18)26)16-9-11-19(30)29(23(16)33-21)15-6-4-3-5-7-15/h3-12,28,32H,13H2,1-2H3,(H,27,31). The maximum Gasteiger partial charge on any atom is 0.263 e. The molecule has 2 heterocycles. The molecule has 0 spiro atoms. The van der Waals surface area contributed by atoms with Gasteiger partial charge in [-0.2, -0.15) is 0 Å². The van der Waals surface area contributed by atoms with Crippen LogP contribution in [0.2, 0.25) is 0 Å². The third kappa shape index (κ3) is 4.79. The molecule has 0 unspecified atom stereocenters. The van der Waals surface area contributed by atoms with Gasteiger partial charge in [-0.15, -0.1) is 11.3 Å². The first-order valence-corrected chi connectivity index (χ1v) is 10.9. The molecule has 0 atom stereocenters. The molecule has 0 bridgehead atoms. The highest BCUT2D eigenvalue weighted by Crippen LogP contribution is 2.38. The van der Waals surface area contributed by atoms with Crippen LogP contribution in [-0.4, -0.2) is 27.7 Å². The number of aliphatic hydroxyl groups is 1. The molecule has 0 aliphatic heterocycles. The molecule has 0 saturated heterocycles. The van der Waals surface area contributed by atoms with Gasteiger partial charge in [0.1, 0.15) is 21.3 Å². The summed E-state index contributed by atoms with van der Waals surface area (Å²) in [6.45, 7) is 3.09. The van der Waals surface area contributed by atoms with E-state index in [-0.39, 0.29) is 28.4 Å². The monoisotopic (exact) mass is 469 g/mol. The van der Waals surface area contributed by atoms with Crippen molar-refractivity contribution >= 4 is 38.8 Å². The molecule has 9 heteroatoms. The summed E-state index contributed by atoms with van der Waals surface area (Å²) in [7, 11) is 0. The number of halogens is 2. The minimum absolute atomic E-state index is 0.0179. The smallest absolute Gasteiger partial charge is 0.263 e. The summed E-state index contributed by atoms with van der Waals surface area (Å²) < 4.78 is 29.3. The Bertz CT molecular complexity index is 1390. The van der Waals surface area contributed by atoms with E-state index < -0.39 is 23.1 Å². The molecule has 170 valence electrons. The van der Waals surface area contributed by atoms with Crippen LogP contribution in [0.5, 0.6) is 0 Å². The molecule has 2 aromatic carbocycles. The number of para-hydroxylation sites is 1. The highest BCUT2D eigenvalue weighted by atomic mass is 32.1. The van der Waals surface area contributed by atoms with Gasteiger partial charge in [-0.05, 0) is 44.2 Å². The number of hydrogen-bond acceptors (Lipinski definition) is 5. The van der Waals surface area contributed by atoms with Crippen molar-refractivity contribution < 1.29 is 18.7 Å². The predicted molar refractivity (Wildman–Crippen MR) is 126 cm³/mol. The van der Waals surface area contributed by atoms with Crippen LogP contribution in [0.15, 0.2) is 65.5 Å². The number of anilines is 2. The molecule has 0 saturated carbocycles. The predicted octanol–water partition coefficient (Wildman–Crippen LogP) is 4.57. The van der Waals surface area contributed by atoms with E-state index >= 15 is 0 Å². The van der Waals surface area contributed by atoms with Gasteiger partial charge in [0.25, 0.3) is 11.5 Å². The van der Waals surface area contributed by atoms with E-state index in [0.717, 1.165) is 23.5 Å². The average Bonchev–Trinajstić information content (AvgIpc) is 3.12. The first kappa shape index (κ1) is 22.6. The molecular formula is C24H21F2N3O3S. The molecular weight excluding hydrogens is 448 g/mol. The molecule has 1 amide bonds. The lowest BCUT2D eigenvalue weighted by molar-refractivity contribution is 0.0696. The lowest BCUT2D eigenvalue weighted by Crippen LogP contribution is -2.38. The van der Waals surface area contributed by atoms with Gasteiger partial charge in [-0.3, -0.25) is 14.2 Å². The van der Waals surface area contributed by atoms with Crippen molar-refractivity contribution in [2.45, 2.75) is 19.4 Å². The minimum atomic E-state index is -1.14. The van der Waals surface area contributed by atoms with Crippen molar-refractivity contribution in [3.05, 3.63) is 87.5 Å². The van der Waals surface area contributed by atoms with E-state index in [9.17, 15) is 23.5 Å². The number of thiophene rings is 1. The Labute approximate surface area is 192 Å². The van der Waals surface area contributed by atoms with Crippen molar-refractivity contribution in [1.29, 1.82) is 0 Å². The number of aromatic nitrogens is 1. The van der Waals surface area contributed by atoms with Crippen LogP contribution in [0.1, 0.15) is 23.5 Å². The van der Waals surface area contributed by atoms with Crippen LogP contribution in [0.3, 0.4) is 0 Å². The average molecular weight is 470 g/mol. The Kier molecular flexibility index (Phi) is 6.01. The fourth-order valence-corrected chi connectivity index (χ4v) is 4.48. The molecule has 0 radical (unpaired) electrons. The van der Waals surface area contributed by atoms with Crippen molar-refractivity contribution in [3.8, 4) is 5.69 Å². The second-order valence-electron chi connectivity index (χ2n) is 8.11. The van der Waals surface area contributed by atoms with Crippen molar-refractivity contribution in [1.82, 2.24) is 9.88 Å². The number of nitrogens with one attached hydrogen (secondary N) is 2. The van der Waals surface area contributed by atoms with Crippen LogP contribution in [-0.2, 0) is 0 Å². The molecule has 0 fully saturated rings. The summed E-state index contributed by atoms with van der Waals surface area (Å²) in [5.41, 5.74) is -0.575. The maximum atomic E-state index is 14.4. The molecule has 4 rings (SSSR count). The quantitative estimate of drug-likeness (QED) is 0.386. The number of nitrogens with zero attached hydrogens (tertiary/aromatic N) is 1. The number of carbonyl (C=O) groups is 1. The third-order valence-electron chi connectivity index (χ3n) is 4.83. The Morgan fingerprint density at radius 2 is 1.82 bits per heavy atom. The van der Waals surface area contributed by atoms with E-state index in [4.69, 9.17) is 0 Å². The first-order chi connectivity index (χ1) is 15.6. The summed E-state index contributed by atoms with van der Waals surface area (Å²) in [5, 5.41) is 16.1. The molecule has 33 heavy (non-hydrogen) atoms. The molecule has 0 aliphatic carbocycles. The van der Waals surface area contributed by atoms with Crippen molar-refractivity contribution in [2.24, 2.45) is 0 Å². The van der Waals surface area contributed by atoms with Crippen LogP contribution >= 0.6 is 11.3 Å². The Morgan fingerprint density at radius 1 is 1.09 bits per heavy atom. The zero-order valence-corrected chi connectivity index (χ0v) is 18.7. The molecule has 0 aliphatic rings. The zero-order valence-electron chi connectivity index (χ0n) is 17.9. The minimum Gasteiger partial charge on any atom is -0.389 e. The summed E-state index contributed by atoms with van der Waals surface area (Å²) in [6.07, 6.45) is 0. The second-order valence-corrected chi connectivity index (χ2v) is 9.11. The second kappa shape index (κ2) is 8.76. The normalized spacial score (nSPS) is 11.5. The number of rotatable bonds is 6. The molecule has 3 N–H and O–H groups in total. The molecule has 6 nitrogen and oxygen atoms in total. The van der Waals surface area contributed by atoms with Gasteiger partial charge in [0.05, 0.1) is 22.7 Å². The van der Waals surface area contributed by atoms with E-state index in [1.165, 1.54) is 16.7 Å². The molecule has 2 aromatic heterocycles. The van der Waals surface area contributed by atoms with Crippen LogP contribution in [0, 0.1) is 11.6 Å². The maximum absolute atomic E-state index is 14.4. The van der Waals surface area contributed by atoms with Gasteiger partial charge in [-0.25, -0.2) is 8.78 Å². The summed E-state index contributed by atoms with van der Waals surface area (Å²) in [5.74, 6) is -2.06. The van der Waals surface area contributed by atoms with Crippen molar-refractivity contribution in [3.63, 3.8) is 0 Å². The van der Waals surface area contributed by atoms with Gasteiger partial charge in [0.15, 0.2) is 0 Å². The molecule has 4 aromatic rings. The SMILES string of the molecule is CC(C)(O)CNC(=O)c1sc2c(ccc(=O)n2-c2ccccc2)c1Nc1ccc(F)cc1F. The van der Waals surface area contributed by atoms with Crippen LogP contribution < -0.4 is 16.2 Å². The van der Waals surface area contributed by atoms with Gasteiger partial charge in [-0.1, -0.05) is 18.2 Å². The lowest BCUT2D eigenvalue weighted by Gasteiger charge is -2.17. The number of amides is 1. The number of fused-ring (bicyclic) bond motifs is 1. The van der Waals surface area contributed by atoms with E-state index in [1.807, 2.05) is 6.07 Å². The fourth-order valence-electron chi connectivity index (χ4n) is 3.29. The van der Waals surface area contributed by atoms with Gasteiger partial charge < -0.3 is 15.7 Å². The highest BCUT2D eigenvalue weighted by Gasteiger charge is 2.24. The summed E-state index contributed by atoms with van der Waals surface area (Å²) >= 11 is 1.06. The van der Waals surface area contributed by atoms with E-state index in [2.05, 4.69) is 10.6 Å². The van der Waals surface area contributed by atoms with Crippen LogP contribution in [0.4, 0.5) is 20.2 Å². The third-order valence-corrected chi connectivity index (χ3v) is 6.02. The van der Waals surface area contributed by atoms with Gasteiger partial charge >= 0.3 is 0 Å². The van der Waals surface area contributed by atoms with Gasteiger partial charge in [0.2, 0.25) is 0 Å². The van der Waals surface area contributed by atoms with Crippen molar-refractivity contribution in [2.75, 3.05) is 11.9 Å². The number of benzene rings is 2. The fraction of sp³-hybridized carbons (Fsp3) is 0.167. The largest absolute Gasteiger partial charge is 0.389 e. The number of hydrogen-bond donors (Lipinski definition) is 3. The van der Waals surface area contributed by atoms with E-state index in [1.54, 1.807) is 44.2 Å². The van der Waals surface area contributed by atoms with Gasteiger partial charge in [0, 0.05) is 24.1 Å². The number of pyridine rings is 1. The summed E-state index contributed by atoms with van der Waals surface area (Å²) in [4.78, 5) is 26.5. The highest BCUT2D eigenvalue weighted by molar-refractivity contribution is 7.21. The zero-order chi connectivity index (χ0) is 23.8.